The molecule has 1 saturated carbocycles. The predicted molar refractivity (Wildman–Crippen MR) is 112 cm³/mol. The number of hydrogen-bond donors (Lipinski definition) is 1. The van der Waals surface area contributed by atoms with Crippen molar-refractivity contribution in [3.63, 3.8) is 0 Å². The van der Waals surface area contributed by atoms with Gasteiger partial charge in [-0.1, -0.05) is 41.9 Å². The summed E-state index contributed by atoms with van der Waals surface area (Å²) in [5.41, 5.74) is 1.65. The maximum atomic E-state index is 12.9. The number of ether oxygens (including phenoxy) is 1. The van der Waals surface area contributed by atoms with E-state index in [2.05, 4.69) is 27.5 Å². The Morgan fingerprint density at radius 1 is 1.31 bits per heavy atom. The summed E-state index contributed by atoms with van der Waals surface area (Å²) in [6.45, 7) is 5.11. The van der Waals surface area contributed by atoms with Crippen LogP contribution in [0.4, 0.5) is 5.82 Å². The average molecular weight is 411 g/mol. The molecule has 0 bridgehead atoms. The van der Waals surface area contributed by atoms with E-state index in [1.807, 2.05) is 42.8 Å². The maximum Gasteiger partial charge on any atom is 0.229 e. The number of hydrogen-bond acceptors (Lipinski definition) is 4. The van der Waals surface area contributed by atoms with Gasteiger partial charge in [-0.15, -0.1) is 0 Å². The molecule has 0 saturated heterocycles. The highest BCUT2D eigenvalue weighted by Gasteiger charge is 2.60. The van der Waals surface area contributed by atoms with E-state index in [0.29, 0.717) is 17.4 Å². The molecule has 0 radical (unpaired) electrons. The number of pyridine rings is 1. The van der Waals surface area contributed by atoms with Crippen molar-refractivity contribution in [2.24, 2.45) is 5.92 Å². The fourth-order valence-electron chi connectivity index (χ4n) is 3.71. The number of carbonyl (C=O) groups is 1. The Labute approximate surface area is 174 Å². The summed E-state index contributed by atoms with van der Waals surface area (Å²) in [5.74, 6) is 0.966. The minimum atomic E-state index is -0.367. The quantitative estimate of drug-likeness (QED) is 0.632. The molecule has 150 valence electrons. The molecule has 1 N–H and O–H groups in total. The van der Waals surface area contributed by atoms with E-state index in [1.165, 1.54) is 6.20 Å². The number of rotatable bonds is 7. The van der Waals surface area contributed by atoms with Gasteiger partial charge in [-0.25, -0.2) is 9.67 Å². The van der Waals surface area contributed by atoms with Gasteiger partial charge in [0.05, 0.1) is 16.6 Å². The zero-order chi connectivity index (χ0) is 20.4. The zero-order valence-electron chi connectivity index (χ0n) is 16.4. The van der Waals surface area contributed by atoms with Gasteiger partial charge in [-0.3, -0.25) is 4.79 Å². The van der Waals surface area contributed by atoms with E-state index in [1.54, 1.807) is 12.1 Å². The van der Waals surface area contributed by atoms with Crippen LogP contribution >= 0.6 is 11.6 Å². The smallest absolute Gasteiger partial charge is 0.229 e. The van der Waals surface area contributed by atoms with Gasteiger partial charge in [0.25, 0.3) is 0 Å². The van der Waals surface area contributed by atoms with Crippen molar-refractivity contribution in [1.82, 2.24) is 14.8 Å². The van der Waals surface area contributed by atoms with Gasteiger partial charge < -0.3 is 10.1 Å². The number of halogens is 1. The van der Waals surface area contributed by atoms with Gasteiger partial charge >= 0.3 is 0 Å². The molecule has 2 atom stereocenters. The third-order valence-electron chi connectivity index (χ3n) is 5.36. The van der Waals surface area contributed by atoms with Crippen LogP contribution in [0.15, 0.2) is 54.7 Å². The molecule has 6 nitrogen and oxygen atoms in total. The number of benzene rings is 1. The van der Waals surface area contributed by atoms with E-state index in [0.717, 1.165) is 30.1 Å². The predicted octanol–water partition coefficient (Wildman–Crippen LogP) is 4.24. The van der Waals surface area contributed by atoms with E-state index in [-0.39, 0.29) is 17.2 Å². The van der Waals surface area contributed by atoms with Gasteiger partial charge in [0, 0.05) is 24.2 Å². The summed E-state index contributed by atoms with van der Waals surface area (Å²) in [5, 5.41) is 7.86. The lowest BCUT2D eigenvalue weighted by atomic mass is 9.94. The number of aromatic nitrogens is 3. The SMILES string of the molecule is CCn1nc(C)cc1OCC1(c2ccccc2)CC1C(=O)Nc1ccc(Cl)cn1. The Morgan fingerprint density at radius 3 is 2.79 bits per heavy atom. The molecule has 2 unspecified atom stereocenters. The lowest BCUT2D eigenvalue weighted by Gasteiger charge is -2.19. The number of aryl methyl sites for hydroxylation is 2. The van der Waals surface area contributed by atoms with Crippen LogP contribution in [0.1, 0.15) is 24.6 Å². The summed E-state index contributed by atoms with van der Waals surface area (Å²) in [4.78, 5) is 17.1. The van der Waals surface area contributed by atoms with Crippen LogP contribution in [0.3, 0.4) is 0 Å². The van der Waals surface area contributed by atoms with Crippen LogP contribution < -0.4 is 10.1 Å². The van der Waals surface area contributed by atoms with Crippen molar-refractivity contribution in [2.45, 2.75) is 32.2 Å². The highest BCUT2D eigenvalue weighted by atomic mass is 35.5. The fourth-order valence-corrected chi connectivity index (χ4v) is 3.82. The number of nitrogens with zero attached hydrogens (tertiary/aromatic N) is 3. The molecule has 0 aliphatic heterocycles. The second kappa shape index (κ2) is 7.87. The summed E-state index contributed by atoms with van der Waals surface area (Å²) in [7, 11) is 0. The first-order valence-corrected chi connectivity index (χ1v) is 10.0. The number of amides is 1. The first kappa shape index (κ1) is 19.5. The lowest BCUT2D eigenvalue weighted by molar-refractivity contribution is -0.117. The van der Waals surface area contributed by atoms with Gasteiger partial charge in [0.2, 0.25) is 11.8 Å². The monoisotopic (exact) mass is 410 g/mol. The molecule has 2 aromatic heterocycles. The molecule has 0 spiro atoms. The molecule has 1 aliphatic rings. The van der Waals surface area contributed by atoms with Crippen LogP contribution in [-0.4, -0.2) is 27.3 Å². The molecule has 3 aromatic rings. The Bertz CT molecular complexity index is 1000. The normalized spacial score (nSPS) is 20.3. The third-order valence-corrected chi connectivity index (χ3v) is 5.59. The molecular formula is C22H23ClN4O2. The van der Waals surface area contributed by atoms with Gasteiger partial charge in [-0.2, -0.15) is 5.10 Å². The molecule has 1 amide bonds. The van der Waals surface area contributed by atoms with Crippen molar-refractivity contribution in [2.75, 3.05) is 11.9 Å². The topological polar surface area (TPSA) is 69.0 Å². The van der Waals surface area contributed by atoms with E-state index < -0.39 is 0 Å². The van der Waals surface area contributed by atoms with Crippen molar-refractivity contribution >= 4 is 23.3 Å². The zero-order valence-corrected chi connectivity index (χ0v) is 17.2. The third kappa shape index (κ3) is 3.98. The first-order chi connectivity index (χ1) is 14.0. The molecular weight excluding hydrogens is 388 g/mol. The molecule has 29 heavy (non-hydrogen) atoms. The summed E-state index contributed by atoms with van der Waals surface area (Å²) in [6.07, 6.45) is 2.24. The van der Waals surface area contributed by atoms with E-state index in [9.17, 15) is 4.79 Å². The van der Waals surface area contributed by atoms with Crippen LogP contribution in [0.2, 0.25) is 5.02 Å². The van der Waals surface area contributed by atoms with Crippen molar-refractivity contribution < 1.29 is 9.53 Å². The minimum Gasteiger partial charge on any atom is -0.477 e. The van der Waals surface area contributed by atoms with E-state index in [4.69, 9.17) is 16.3 Å². The molecule has 1 fully saturated rings. The largest absolute Gasteiger partial charge is 0.477 e. The van der Waals surface area contributed by atoms with Gasteiger partial charge in [0.15, 0.2) is 0 Å². The summed E-state index contributed by atoms with van der Waals surface area (Å²) < 4.78 is 8.00. The Morgan fingerprint density at radius 2 is 2.10 bits per heavy atom. The molecule has 1 aromatic carbocycles. The highest BCUT2D eigenvalue weighted by Crippen LogP contribution is 2.55. The van der Waals surface area contributed by atoms with Crippen LogP contribution in [0.5, 0.6) is 5.88 Å². The van der Waals surface area contributed by atoms with Crippen molar-refractivity contribution in [3.8, 4) is 5.88 Å². The molecule has 1 aliphatic carbocycles. The Hall–Kier alpha value is -2.86. The second-order valence-corrected chi connectivity index (χ2v) is 7.79. The Kier molecular flexibility index (Phi) is 5.28. The van der Waals surface area contributed by atoms with E-state index >= 15 is 0 Å². The number of anilines is 1. The standard InChI is InChI=1S/C22H23ClN4O2/c1-3-27-20(11-15(2)26-27)29-14-22(16-7-5-4-6-8-16)12-18(22)21(28)25-19-10-9-17(23)13-24-19/h4-11,13,18H,3,12,14H2,1-2H3,(H,24,25,28). The van der Waals surface area contributed by atoms with Gasteiger partial charge in [-0.05, 0) is 38.0 Å². The van der Waals surface area contributed by atoms with Crippen molar-refractivity contribution in [3.05, 3.63) is 71.0 Å². The lowest BCUT2D eigenvalue weighted by Crippen LogP contribution is -2.27. The molecule has 7 heteroatoms. The summed E-state index contributed by atoms with van der Waals surface area (Å²) in [6, 6.07) is 15.4. The van der Waals surface area contributed by atoms with Crippen molar-refractivity contribution in [1.29, 1.82) is 0 Å². The molecule has 4 rings (SSSR count). The second-order valence-electron chi connectivity index (χ2n) is 7.36. The Balaban J connectivity index is 1.53. The number of carbonyl (C=O) groups excluding carboxylic acids is 1. The van der Waals surface area contributed by atoms with Gasteiger partial charge in [0.1, 0.15) is 12.4 Å². The first-order valence-electron chi connectivity index (χ1n) is 9.67. The van der Waals surface area contributed by atoms with Crippen LogP contribution in [0.25, 0.3) is 0 Å². The number of nitrogens with one attached hydrogen (secondary N) is 1. The minimum absolute atomic E-state index is 0.0625. The summed E-state index contributed by atoms with van der Waals surface area (Å²) >= 11 is 5.88. The highest BCUT2D eigenvalue weighted by molar-refractivity contribution is 6.30. The molecule has 2 heterocycles. The maximum absolute atomic E-state index is 12.9. The van der Waals surface area contributed by atoms with Crippen LogP contribution in [-0.2, 0) is 16.8 Å². The average Bonchev–Trinajstić information content (AvgIpc) is 3.37. The fraction of sp³-hybridized carbons (Fsp3) is 0.318. The van der Waals surface area contributed by atoms with Crippen LogP contribution in [0, 0.1) is 12.8 Å².